The first-order chi connectivity index (χ1) is 7.95. The van der Waals surface area contributed by atoms with Crippen LogP contribution in [0.25, 0.3) is 0 Å². The lowest BCUT2D eigenvalue weighted by Gasteiger charge is -2.17. The molecule has 17 heavy (non-hydrogen) atoms. The highest BCUT2D eigenvalue weighted by atomic mass is 19.3. The third-order valence-corrected chi connectivity index (χ3v) is 2.08. The van der Waals surface area contributed by atoms with Gasteiger partial charge in [0.2, 0.25) is 5.82 Å². The van der Waals surface area contributed by atoms with Crippen LogP contribution in [0, 0.1) is 10.1 Å². The second kappa shape index (κ2) is 5.37. The van der Waals surface area contributed by atoms with E-state index in [4.69, 9.17) is 0 Å². The predicted octanol–water partition coefficient (Wildman–Crippen LogP) is 1.73. The Morgan fingerprint density at radius 3 is 2.71 bits per heavy atom. The molecule has 0 radical (unpaired) electrons. The molecule has 1 aromatic rings. The number of hydrogen-bond acceptors (Lipinski definition) is 5. The Balaban J connectivity index is 3.12. The van der Waals surface area contributed by atoms with Crippen LogP contribution < -0.4 is 10.2 Å². The fourth-order valence-electron chi connectivity index (χ4n) is 1.30. The summed E-state index contributed by atoms with van der Waals surface area (Å²) in [6.45, 7) is -0.610. The summed E-state index contributed by atoms with van der Waals surface area (Å²) in [5, 5.41) is 13.4. The molecular formula is C9H12F2N4O2. The minimum atomic E-state index is -2.58. The summed E-state index contributed by atoms with van der Waals surface area (Å²) >= 11 is 0. The predicted molar refractivity (Wildman–Crippen MR) is 59.7 cm³/mol. The summed E-state index contributed by atoms with van der Waals surface area (Å²) in [5.41, 5.74) is -0.299. The van der Waals surface area contributed by atoms with Crippen molar-refractivity contribution in [2.75, 3.05) is 30.9 Å². The summed E-state index contributed by atoms with van der Waals surface area (Å²) in [6, 6.07) is 2.65. The van der Waals surface area contributed by atoms with Crippen LogP contribution >= 0.6 is 0 Å². The lowest BCUT2D eigenvalue weighted by atomic mass is 10.3. The van der Waals surface area contributed by atoms with E-state index in [0.29, 0.717) is 5.82 Å². The highest BCUT2D eigenvalue weighted by molar-refractivity contribution is 5.61. The van der Waals surface area contributed by atoms with Gasteiger partial charge in [0, 0.05) is 20.2 Å². The number of pyridine rings is 1. The molecule has 0 aliphatic heterocycles. The van der Waals surface area contributed by atoms with Crippen LogP contribution in [0.15, 0.2) is 12.1 Å². The molecule has 0 bridgehead atoms. The molecule has 8 heteroatoms. The first kappa shape index (κ1) is 13.1. The van der Waals surface area contributed by atoms with Gasteiger partial charge in [-0.05, 0) is 6.07 Å². The number of hydrogen-bond donors (Lipinski definition) is 1. The molecule has 0 aliphatic carbocycles. The molecule has 1 aromatic heterocycles. The lowest BCUT2D eigenvalue weighted by molar-refractivity contribution is -0.384. The van der Waals surface area contributed by atoms with E-state index >= 15 is 0 Å². The number of nitrogens with one attached hydrogen (secondary N) is 1. The normalized spacial score (nSPS) is 10.4. The van der Waals surface area contributed by atoms with E-state index in [1.54, 1.807) is 7.05 Å². The molecule has 6 nitrogen and oxygen atoms in total. The number of rotatable bonds is 5. The second-order valence-corrected chi connectivity index (χ2v) is 3.32. The van der Waals surface area contributed by atoms with E-state index in [-0.39, 0.29) is 11.5 Å². The second-order valence-electron chi connectivity index (χ2n) is 3.32. The maximum absolute atomic E-state index is 12.2. The number of alkyl halides is 2. The molecule has 0 aliphatic rings. The van der Waals surface area contributed by atoms with Crippen molar-refractivity contribution in [2.24, 2.45) is 0 Å². The summed E-state index contributed by atoms with van der Waals surface area (Å²) in [4.78, 5) is 15.1. The zero-order valence-electron chi connectivity index (χ0n) is 9.35. The summed E-state index contributed by atoms with van der Waals surface area (Å²) < 4.78 is 24.5. The standard InChI is InChI=1S/C9H12F2N4O2/c1-12-8-4-3-6(15(16)17)9(13-8)14(2)5-7(10)11/h3-4,7H,5H2,1-2H3,(H,12,13). The van der Waals surface area contributed by atoms with Gasteiger partial charge in [0.1, 0.15) is 5.82 Å². The topological polar surface area (TPSA) is 71.3 Å². The fraction of sp³-hybridized carbons (Fsp3) is 0.444. The van der Waals surface area contributed by atoms with Crippen molar-refractivity contribution in [1.82, 2.24) is 4.98 Å². The minimum absolute atomic E-state index is 0.0813. The van der Waals surface area contributed by atoms with Gasteiger partial charge in [-0.1, -0.05) is 0 Å². The number of halogens is 2. The molecule has 1 N–H and O–H groups in total. The Kier molecular flexibility index (Phi) is 4.13. The largest absolute Gasteiger partial charge is 0.373 e. The van der Waals surface area contributed by atoms with Crippen molar-refractivity contribution >= 4 is 17.3 Å². The average Bonchev–Trinajstić information content (AvgIpc) is 2.27. The number of nitrogens with zero attached hydrogens (tertiary/aromatic N) is 3. The van der Waals surface area contributed by atoms with Crippen LogP contribution in [-0.4, -0.2) is 37.0 Å². The van der Waals surface area contributed by atoms with E-state index in [1.165, 1.54) is 19.2 Å². The highest BCUT2D eigenvalue weighted by Gasteiger charge is 2.21. The Bertz CT molecular complexity index is 414. The van der Waals surface area contributed by atoms with E-state index in [0.717, 1.165) is 4.90 Å². The molecule has 0 fully saturated rings. The zero-order valence-corrected chi connectivity index (χ0v) is 9.35. The molecule has 0 saturated carbocycles. The Morgan fingerprint density at radius 2 is 2.24 bits per heavy atom. The maximum atomic E-state index is 12.2. The van der Waals surface area contributed by atoms with E-state index in [1.807, 2.05) is 0 Å². The lowest BCUT2D eigenvalue weighted by Crippen LogP contribution is -2.26. The van der Waals surface area contributed by atoms with Crippen molar-refractivity contribution in [2.45, 2.75) is 6.43 Å². The van der Waals surface area contributed by atoms with Crippen LogP contribution in [0.5, 0.6) is 0 Å². The molecule has 0 aromatic carbocycles. The molecule has 0 spiro atoms. The van der Waals surface area contributed by atoms with Gasteiger partial charge in [-0.25, -0.2) is 13.8 Å². The summed E-state index contributed by atoms with van der Waals surface area (Å²) in [5.74, 6) is 0.300. The zero-order chi connectivity index (χ0) is 13.0. The van der Waals surface area contributed by atoms with Gasteiger partial charge in [0.25, 0.3) is 6.43 Å². The molecule has 1 rings (SSSR count). The average molecular weight is 246 g/mol. The van der Waals surface area contributed by atoms with Crippen LogP contribution in [0.4, 0.5) is 26.1 Å². The van der Waals surface area contributed by atoms with E-state index in [9.17, 15) is 18.9 Å². The molecule has 0 amide bonds. The van der Waals surface area contributed by atoms with E-state index < -0.39 is 17.9 Å². The van der Waals surface area contributed by atoms with Crippen LogP contribution in [-0.2, 0) is 0 Å². The Hall–Kier alpha value is -1.99. The molecule has 0 saturated heterocycles. The minimum Gasteiger partial charge on any atom is -0.373 e. The fourth-order valence-corrected chi connectivity index (χ4v) is 1.30. The third-order valence-electron chi connectivity index (χ3n) is 2.08. The van der Waals surface area contributed by atoms with Gasteiger partial charge >= 0.3 is 5.69 Å². The smallest absolute Gasteiger partial charge is 0.311 e. The first-order valence-corrected chi connectivity index (χ1v) is 4.78. The van der Waals surface area contributed by atoms with Crippen LogP contribution in [0.2, 0.25) is 0 Å². The van der Waals surface area contributed by atoms with Crippen molar-refractivity contribution in [1.29, 1.82) is 0 Å². The molecule has 94 valence electrons. The molecule has 0 atom stereocenters. The Labute approximate surface area is 96.4 Å². The molecule has 0 unspecified atom stereocenters. The molecular weight excluding hydrogens is 234 g/mol. The number of aromatic nitrogens is 1. The van der Waals surface area contributed by atoms with Gasteiger partial charge in [0.05, 0.1) is 11.5 Å². The maximum Gasteiger partial charge on any atom is 0.311 e. The summed E-state index contributed by atoms with van der Waals surface area (Å²) in [7, 11) is 2.92. The Morgan fingerprint density at radius 1 is 1.59 bits per heavy atom. The van der Waals surface area contributed by atoms with Crippen molar-refractivity contribution in [3.8, 4) is 0 Å². The van der Waals surface area contributed by atoms with Gasteiger partial charge in [0.15, 0.2) is 0 Å². The molecule has 1 heterocycles. The van der Waals surface area contributed by atoms with Gasteiger partial charge in [-0.2, -0.15) is 0 Å². The highest BCUT2D eigenvalue weighted by Crippen LogP contribution is 2.27. The van der Waals surface area contributed by atoms with Crippen LogP contribution in [0.3, 0.4) is 0 Å². The van der Waals surface area contributed by atoms with Crippen molar-refractivity contribution < 1.29 is 13.7 Å². The van der Waals surface area contributed by atoms with Gasteiger partial charge in [-0.3, -0.25) is 10.1 Å². The van der Waals surface area contributed by atoms with Crippen molar-refractivity contribution in [3.05, 3.63) is 22.2 Å². The third kappa shape index (κ3) is 3.23. The van der Waals surface area contributed by atoms with Crippen molar-refractivity contribution in [3.63, 3.8) is 0 Å². The summed E-state index contributed by atoms with van der Waals surface area (Å²) in [6.07, 6.45) is -2.58. The monoisotopic (exact) mass is 246 g/mol. The van der Waals surface area contributed by atoms with Gasteiger partial charge in [-0.15, -0.1) is 0 Å². The first-order valence-electron chi connectivity index (χ1n) is 4.78. The van der Waals surface area contributed by atoms with Crippen LogP contribution in [0.1, 0.15) is 0 Å². The van der Waals surface area contributed by atoms with Gasteiger partial charge < -0.3 is 10.2 Å². The SMILES string of the molecule is CNc1ccc([N+](=O)[O-])c(N(C)CC(F)F)n1. The van der Waals surface area contributed by atoms with E-state index in [2.05, 4.69) is 10.3 Å². The number of anilines is 2. The number of nitro groups is 1. The quantitative estimate of drug-likeness (QED) is 0.632.